The average molecular weight is 222 g/mol. The van der Waals surface area contributed by atoms with Crippen molar-refractivity contribution in [2.75, 3.05) is 0 Å². The Morgan fingerprint density at radius 2 is 2.06 bits per heavy atom. The zero-order valence-corrected chi connectivity index (χ0v) is 10.7. The Balaban J connectivity index is 3.06. The summed E-state index contributed by atoms with van der Waals surface area (Å²) in [4.78, 5) is 11.8. The second kappa shape index (κ2) is 4.17. The Labute approximate surface area is 98.1 Å². The van der Waals surface area contributed by atoms with Crippen molar-refractivity contribution in [2.24, 2.45) is 11.3 Å². The Hall–Kier alpha value is -0.890. The summed E-state index contributed by atoms with van der Waals surface area (Å²) in [5, 5.41) is 10.3. The van der Waals surface area contributed by atoms with Gasteiger partial charge in [0.15, 0.2) is 5.78 Å². The molecule has 0 aliphatic heterocycles. The van der Waals surface area contributed by atoms with Crippen molar-refractivity contribution in [3.8, 4) is 0 Å². The fraction of sp³-hybridized carbons (Fsp3) is 0.643. The third-order valence-corrected chi connectivity index (χ3v) is 3.58. The topological polar surface area (TPSA) is 37.3 Å². The highest BCUT2D eigenvalue weighted by atomic mass is 16.3. The van der Waals surface area contributed by atoms with Crippen LogP contribution in [-0.2, 0) is 4.79 Å². The predicted octanol–water partition coefficient (Wildman–Crippen LogP) is 2.88. The molecule has 0 heterocycles. The number of aliphatic hydroxyl groups is 1. The van der Waals surface area contributed by atoms with Gasteiger partial charge in [0.05, 0.1) is 0 Å². The first-order valence-corrected chi connectivity index (χ1v) is 5.77. The number of hydrogen-bond acceptors (Lipinski definition) is 2. The van der Waals surface area contributed by atoms with Gasteiger partial charge in [-0.15, -0.1) is 0 Å². The molecule has 1 fully saturated rings. The normalized spacial score (nSPS) is 34.3. The van der Waals surface area contributed by atoms with Gasteiger partial charge in [-0.25, -0.2) is 0 Å². The van der Waals surface area contributed by atoms with Gasteiger partial charge in [-0.3, -0.25) is 4.79 Å². The summed E-state index contributed by atoms with van der Waals surface area (Å²) in [5.41, 5.74) is -0.360. The lowest BCUT2D eigenvalue weighted by atomic mass is 9.61. The van der Waals surface area contributed by atoms with Gasteiger partial charge in [-0.1, -0.05) is 38.2 Å². The Morgan fingerprint density at radius 3 is 2.56 bits per heavy atom. The molecule has 0 bridgehead atoms. The molecule has 0 saturated heterocycles. The van der Waals surface area contributed by atoms with Gasteiger partial charge in [0.2, 0.25) is 0 Å². The lowest BCUT2D eigenvalue weighted by Crippen LogP contribution is -2.52. The van der Waals surface area contributed by atoms with Crippen LogP contribution in [0, 0.1) is 11.3 Å². The van der Waals surface area contributed by atoms with E-state index in [0.29, 0.717) is 6.42 Å². The third kappa shape index (κ3) is 2.43. The molecule has 16 heavy (non-hydrogen) atoms. The molecule has 1 saturated carbocycles. The molecule has 2 unspecified atom stereocenters. The molecule has 0 radical (unpaired) electrons. The zero-order chi connectivity index (χ0) is 12.6. The van der Waals surface area contributed by atoms with E-state index in [-0.39, 0.29) is 17.1 Å². The number of Topliss-reactive ketones (excluding diaryl/α,β-unsaturated/α-hetero) is 1. The summed E-state index contributed by atoms with van der Waals surface area (Å²) in [7, 11) is 0. The second-order valence-corrected chi connectivity index (χ2v) is 5.74. The maximum Gasteiger partial charge on any atom is 0.164 e. The molecule has 2 atom stereocenters. The van der Waals surface area contributed by atoms with E-state index < -0.39 is 5.60 Å². The van der Waals surface area contributed by atoms with E-state index in [1.807, 2.05) is 19.1 Å². The van der Waals surface area contributed by atoms with E-state index in [4.69, 9.17) is 0 Å². The molecule has 0 aromatic carbocycles. The van der Waals surface area contributed by atoms with Gasteiger partial charge in [-0.2, -0.15) is 0 Å². The monoisotopic (exact) mass is 222 g/mol. The Bertz CT molecular complexity index is 335. The van der Waals surface area contributed by atoms with Crippen LogP contribution in [0.3, 0.4) is 0 Å². The zero-order valence-electron chi connectivity index (χ0n) is 10.7. The summed E-state index contributed by atoms with van der Waals surface area (Å²) >= 11 is 0. The Kier molecular flexibility index (Phi) is 3.44. The van der Waals surface area contributed by atoms with Crippen LogP contribution >= 0.6 is 0 Å². The SMILES string of the molecule is C=C(C)/C=C/C1C(C)(C)CCC(=O)C1(C)O. The molecule has 0 aromatic heterocycles. The smallest absolute Gasteiger partial charge is 0.164 e. The lowest BCUT2D eigenvalue weighted by molar-refractivity contribution is -0.150. The highest BCUT2D eigenvalue weighted by molar-refractivity contribution is 5.88. The van der Waals surface area contributed by atoms with Gasteiger partial charge in [0, 0.05) is 12.3 Å². The first kappa shape index (κ1) is 13.2. The lowest BCUT2D eigenvalue weighted by Gasteiger charge is -2.45. The van der Waals surface area contributed by atoms with E-state index in [1.165, 1.54) is 0 Å². The minimum atomic E-state index is -1.24. The largest absolute Gasteiger partial charge is 0.382 e. The van der Waals surface area contributed by atoms with Gasteiger partial charge >= 0.3 is 0 Å². The van der Waals surface area contributed by atoms with Crippen molar-refractivity contribution in [2.45, 2.75) is 46.1 Å². The number of rotatable bonds is 2. The number of carbonyl (C=O) groups is 1. The maximum atomic E-state index is 11.8. The average Bonchev–Trinajstić information content (AvgIpc) is 2.11. The summed E-state index contributed by atoms with van der Waals surface area (Å²) in [6.45, 7) is 11.5. The molecular formula is C14H22O2. The van der Waals surface area contributed by atoms with Crippen molar-refractivity contribution in [1.82, 2.24) is 0 Å². The number of allylic oxidation sites excluding steroid dienone is 2. The molecule has 2 heteroatoms. The van der Waals surface area contributed by atoms with E-state index in [2.05, 4.69) is 20.4 Å². The van der Waals surface area contributed by atoms with Crippen LogP contribution in [0.5, 0.6) is 0 Å². The number of ketones is 1. The van der Waals surface area contributed by atoms with Crippen molar-refractivity contribution in [1.29, 1.82) is 0 Å². The third-order valence-electron chi connectivity index (χ3n) is 3.58. The van der Waals surface area contributed by atoms with Crippen LogP contribution in [0.15, 0.2) is 24.3 Å². The van der Waals surface area contributed by atoms with Gasteiger partial charge in [0.1, 0.15) is 5.60 Å². The van der Waals surface area contributed by atoms with Crippen molar-refractivity contribution >= 4 is 5.78 Å². The van der Waals surface area contributed by atoms with E-state index >= 15 is 0 Å². The Morgan fingerprint density at radius 1 is 1.50 bits per heavy atom. The molecule has 90 valence electrons. The van der Waals surface area contributed by atoms with Crippen LogP contribution in [-0.4, -0.2) is 16.5 Å². The van der Waals surface area contributed by atoms with Crippen molar-refractivity contribution in [3.05, 3.63) is 24.3 Å². The molecule has 0 spiro atoms. The first-order valence-electron chi connectivity index (χ1n) is 5.77. The van der Waals surface area contributed by atoms with Crippen molar-refractivity contribution in [3.63, 3.8) is 0 Å². The van der Waals surface area contributed by atoms with Crippen molar-refractivity contribution < 1.29 is 9.90 Å². The number of hydrogen-bond donors (Lipinski definition) is 1. The molecule has 0 amide bonds. The molecule has 2 nitrogen and oxygen atoms in total. The van der Waals surface area contributed by atoms with E-state index in [1.54, 1.807) is 6.92 Å². The van der Waals surface area contributed by atoms with Gasteiger partial charge < -0.3 is 5.11 Å². The first-order chi connectivity index (χ1) is 7.18. The van der Waals surface area contributed by atoms with Crippen LogP contribution in [0.2, 0.25) is 0 Å². The molecule has 0 aromatic rings. The maximum absolute atomic E-state index is 11.8. The second-order valence-electron chi connectivity index (χ2n) is 5.74. The summed E-state index contributed by atoms with van der Waals surface area (Å²) in [6.07, 6.45) is 5.11. The van der Waals surface area contributed by atoms with Crippen LogP contribution in [0.25, 0.3) is 0 Å². The fourth-order valence-electron chi connectivity index (χ4n) is 2.49. The fourth-order valence-corrected chi connectivity index (χ4v) is 2.49. The minimum absolute atomic E-state index is 0.0522. The predicted molar refractivity (Wildman–Crippen MR) is 66.1 cm³/mol. The number of carbonyl (C=O) groups excluding carboxylic acids is 1. The van der Waals surface area contributed by atoms with E-state index in [0.717, 1.165) is 12.0 Å². The standard InChI is InChI=1S/C14H22O2/c1-10(2)6-7-11-13(3,4)9-8-12(15)14(11,5)16/h6-7,11,16H,1,8-9H2,2-5H3/b7-6+. The van der Waals surface area contributed by atoms with Crippen LogP contribution in [0.4, 0.5) is 0 Å². The van der Waals surface area contributed by atoms with E-state index in [9.17, 15) is 9.90 Å². The summed E-state index contributed by atoms with van der Waals surface area (Å²) in [6, 6.07) is 0. The highest BCUT2D eigenvalue weighted by Crippen LogP contribution is 2.45. The van der Waals surface area contributed by atoms with Gasteiger partial charge in [0.25, 0.3) is 0 Å². The quantitative estimate of drug-likeness (QED) is 0.729. The molecule has 1 N–H and O–H groups in total. The van der Waals surface area contributed by atoms with Gasteiger partial charge in [-0.05, 0) is 25.7 Å². The molecule has 1 aliphatic carbocycles. The summed E-state index contributed by atoms with van der Waals surface area (Å²) in [5.74, 6) is -0.193. The van der Waals surface area contributed by atoms with Crippen LogP contribution in [0.1, 0.15) is 40.5 Å². The highest BCUT2D eigenvalue weighted by Gasteiger charge is 2.49. The molecule has 1 aliphatic rings. The molecule has 1 rings (SSSR count). The summed E-state index contributed by atoms with van der Waals surface area (Å²) < 4.78 is 0. The minimum Gasteiger partial charge on any atom is -0.382 e. The van der Waals surface area contributed by atoms with Crippen LogP contribution < -0.4 is 0 Å². The molecular weight excluding hydrogens is 200 g/mol.